The lowest BCUT2D eigenvalue weighted by Crippen LogP contribution is -2.23. The first-order valence-electron chi connectivity index (χ1n) is 8.10. The van der Waals surface area contributed by atoms with Crippen molar-refractivity contribution in [1.29, 1.82) is 5.26 Å². The minimum Gasteiger partial charge on any atom is -0.326 e. The van der Waals surface area contributed by atoms with Crippen LogP contribution < -0.4 is 10.6 Å². The minimum absolute atomic E-state index is 0.0449. The molecule has 2 heterocycles. The lowest BCUT2D eigenvalue weighted by atomic mass is 10.0. The quantitative estimate of drug-likeness (QED) is 0.896. The normalized spacial score (nSPS) is 15.6. The second-order valence-corrected chi connectivity index (χ2v) is 6.40. The molecule has 0 spiro atoms. The molecule has 0 fully saturated rings. The highest BCUT2D eigenvalue weighted by molar-refractivity contribution is 6.02. The molecule has 1 aromatic carbocycles. The van der Waals surface area contributed by atoms with Gasteiger partial charge in [-0.1, -0.05) is 26.0 Å². The van der Waals surface area contributed by atoms with Crippen LogP contribution in [0, 0.1) is 18.3 Å². The van der Waals surface area contributed by atoms with Gasteiger partial charge in [-0.3, -0.25) is 9.59 Å². The molecule has 1 unspecified atom stereocenters. The highest BCUT2D eigenvalue weighted by Crippen LogP contribution is 2.31. The van der Waals surface area contributed by atoms with Crippen LogP contribution in [0.2, 0.25) is 0 Å². The number of nitrogens with zero attached hydrogens (tertiary/aromatic N) is 3. The Morgan fingerprint density at radius 3 is 2.68 bits per heavy atom. The average Bonchev–Trinajstić information content (AvgIpc) is 3.02. The zero-order valence-electron chi connectivity index (χ0n) is 14.3. The molecule has 3 rings (SSSR count). The summed E-state index contributed by atoms with van der Waals surface area (Å²) in [6, 6.07) is 8.91. The topological polar surface area (TPSA) is 99.8 Å². The molecule has 0 bridgehead atoms. The molecule has 2 aromatic rings. The van der Waals surface area contributed by atoms with Crippen molar-refractivity contribution in [3.63, 3.8) is 0 Å². The maximum Gasteiger partial charge on any atom is 0.251 e. The molecule has 0 radical (unpaired) electrons. The van der Waals surface area contributed by atoms with Crippen LogP contribution >= 0.6 is 0 Å². The number of anilines is 2. The molecule has 2 amide bonds. The molecule has 1 aliphatic heterocycles. The van der Waals surface area contributed by atoms with E-state index in [1.165, 1.54) is 10.2 Å². The van der Waals surface area contributed by atoms with Crippen molar-refractivity contribution in [3.8, 4) is 6.07 Å². The van der Waals surface area contributed by atoms with E-state index in [1.54, 1.807) is 6.92 Å². The molecule has 7 heteroatoms. The summed E-state index contributed by atoms with van der Waals surface area (Å²) in [7, 11) is 0. The van der Waals surface area contributed by atoms with Crippen LogP contribution in [0.5, 0.6) is 0 Å². The lowest BCUT2D eigenvalue weighted by Gasteiger charge is -2.11. The van der Waals surface area contributed by atoms with Gasteiger partial charge in [-0.15, -0.1) is 0 Å². The Labute approximate surface area is 145 Å². The smallest absolute Gasteiger partial charge is 0.251 e. The summed E-state index contributed by atoms with van der Waals surface area (Å²) in [6.07, 6.45) is -0.0449. The van der Waals surface area contributed by atoms with Gasteiger partial charge in [0.05, 0.1) is 12.1 Å². The number of nitriles is 1. The first-order chi connectivity index (χ1) is 11.9. The van der Waals surface area contributed by atoms with Crippen LogP contribution in [-0.2, 0) is 9.59 Å². The summed E-state index contributed by atoms with van der Waals surface area (Å²) in [4.78, 5) is 24.4. The van der Waals surface area contributed by atoms with E-state index in [1.807, 2.05) is 30.3 Å². The van der Waals surface area contributed by atoms with Crippen LogP contribution in [0.3, 0.4) is 0 Å². The predicted octanol–water partition coefficient (Wildman–Crippen LogP) is 2.71. The number of carbonyl (C=O) groups is 2. The van der Waals surface area contributed by atoms with E-state index in [0.717, 1.165) is 0 Å². The second-order valence-electron chi connectivity index (χ2n) is 6.40. The Morgan fingerprint density at radius 1 is 1.40 bits per heavy atom. The van der Waals surface area contributed by atoms with E-state index < -0.39 is 6.04 Å². The molecular formula is C18H19N5O2. The van der Waals surface area contributed by atoms with Gasteiger partial charge in [0.2, 0.25) is 5.91 Å². The summed E-state index contributed by atoms with van der Waals surface area (Å²) in [6.45, 7) is 5.90. The average molecular weight is 337 g/mol. The fourth-order valence-corrected chi connectivity index (χ4v) is 2.86. The number of aryl methyl sites for hydroxylation is 1. The molecule has 7 nitrogen and oxygen atoms in total. The van der Waals surface area contributed by atoms with Crippen LogP contribution in [0.1, 0.15) is 49.0 Å². The lowest BCUT2D eigenvalue weighted by molar-refractivity contribution is -0.123. The van der Waals surface area contributed by atoms with Crippen molar-refractivity contribution in [2.75, 3.05) is 10.6 Å². The zero-order valence-corrected chi connectivity index (χ0v) is 14.3. The summed E-state index contributed by atoms with van der Waals surface area (Å²) >= 11 is 0. The molecule has 25 heavy (non-hydrogen) atoms. The first-order valence-corrected chi connectivity index (χ1v) is 8.10. The van der Waals surface area contributed by atoms with Gasteiger partial charge < -0.3 is 10.6 Å². The van der Waals surface area contributed by atoms with Crippen molar-refractivity contribution in [2.45, 2.75) is 39.2 Å². The van der Waals surface area contributed by atoms with E-state index in [-0.39, 0.29) is 18.2 Å². The molecular weight excluding hydrogens is 318 g/mol. The standard InChI is InChI=1S/C18H19N5O2/c1-10(2)12-4-6-13(7-5-12)20-16(24)8-15-18(25)21-17-14(9-19)11(3)22-23(15)17/h4-7,10,15H,8H2,1-3H3,(H,20,24)(H,21,25). The molecule has 2 N–H and O–H groups in total. The fraction of sp³-hybridized carbons (Fsp3) is 0.333. The third kappa shape index (κ3) is 3.11. The van der Waals surface area contributed by atoms with Crippen molar-refractivity contribution in [2.24, 2.45) is 0 Å². The Balaban J connectivity index is 1.72. The number of nitrogens with one attached hydrogen (secondary N) is 2. The van der Waals surface area contributed by atoms with Crippen molar-refractivity contribution in [3.05, 3.63) is 41.1 Å². The maximum atomic E-state index is 12.3. The number of hydrogen-bond acceptors (Lipinski definition) is 4. The Bertz CT molecular complexity index is 874. The second kappa shape index (κ2) is 6.40. The van der Waals surface area contributed by atoms with E-state index in [0.29, 0.717) is 28.7 Å². The summed E-state index contributed by atoms with van der Waals surface area (Å²) in [5.41, 5.74) is 2.74. The van der Waals surface area contributed by atoms with Gasteiger partial charge in [0.15, 0.2) is 0 Å². The Morgan fingerprint density at radius 2 is 2.08 bits per heavy atom. The number of rotatable bonds is 4. The summed E-state index contributed by atoms with van der Waals surface area (Å²) in [5, 5.41) is 18.8. The van der Waals surface area contributed by atoms with Crippen LogP contribution in [0.15, 0.2) is 24.3 Å². The van der Waals surface area contributed by atoms with Gasteiger partial charge in [-0.2, -0.15) is 10.4 Å². The number of carbonyl (C=O) groups excluding carboxylic acids is 2. The van der Waals surface area contributed by atoms with Crippen LogP contribution in [0.25, 0.3) is 0 Å². The number of hydrogen-bond donors (Lipinski definition) is 2. The van der Waals surface area contributed by atoms with Crippen molar-refractivity contribution in [1.82, 2.24) is 9.78 Å². The summed E-state index contributed by atoms with van der Waals surface area (Å²) in [5.74, 6) is 0.174. The van der Waals surface area contributed by atoms with Gasteiger partial charge in [0.1, 0.15) is 23.5 Å². The van der Waals surface area contributed by atoms with Gasteiger partial charge >= 0.3 is 0 Å². The number of fused-ring (bicyclic) bond motifs is 1. The molecule has 0 saturated heterocycles. The van der Waals surface area contributed by atoms with E-state index in [9.17, 15) is 9.59 Å². The predicted molar refractivity (Wildman–Crippen MR) is 93.1 cm³/mol. The van der Waals surface area contributed by atoms with Gasteiger partial charge in [0, 0.05) is 5.69 Å². The van der Waals surface area contributed by atoms with Crippen LogP contribution in [-0.4, -0.2) is 21.6 Å². The molecule has 0 saturated carbocycles. The summed E-state index contributed by atoms with van der Waals surface area (Å²) < 4.78 is 1.43. The largest absolute Gasteiger partial charge is 0.326 e. The van der Waals surface area contributed by atoms with Gasteiger partial charge in [0.25, 0.3) is 5.91 Å². The molecule has 1 aromatic heterocycles. The molecule has 128 valence electrons. The zero-order chi connectivity index (χ0) is 18.1. The van der Waals surface area contributed by atoms with Crippen LogP contribution in [0.4, 0.5) is 11.5 Å². The molecule has 0 aliphatic carbocycles. The van der Waals surface area contributed by atoms with Gasteiger partial charge in [-0.05, 0) is 30.5 Å². The monoisotopic (exact) mass is 337 g/mol. The van der Waals surface area contributed by atoms with Crippen molar-refractivity contribution < 1.29 is 9.59 Å². The molecule has 1 aliphatic rings. The SMILES string of the molecule is Cc1nn2c(c1C#N)NC(=O)C2CC(=O)Nc1ccc(C(C)C)cc1. The Hall–Kier alpha value is -3.14. The number of benzene rings is 1. The van der Waals surface area contributed by atoms with Crippen molar-refractivity contribution >= 4 is 23.3 Å². The number of amides is 2. The van der Waals surface area contributed by atoms with E-state index in [4.69, 9.17) is 5.26 Å². The fourth-order valence-electron chi connectivity index (χ4n) is 2.86. The highest BCUT2D eigenvalue weighted by atomic mass is 16.2. The minimum atomic E-state index is -0.745. The first kappa shape index (κ1) is 16.7. The molecule has 1 atom stereocenters. The Kier molecular flexibility index (Phi) is 4.28. The maximum absolute atomic E-state index is 12.3. The third-order valence-corrected chi connectivity index (χ3v) is 4.28. The van der Waals surface area contributed by atoms with Gasteiger partial charge in [-0.25, -0.2) is 4.68 Å². The number of aromatic nitrogens is 2. The van der Waals surface area contributed by atoms with E-state index in [2.05, 4.69) is 29.6 Å². The van der Waals surface area contributed by atoms with E-state index >= 15 is 0 Å². The third-order valence-electron chi connectivity index (χ3n) is 4.28. The highest BCUT2D eigenvalue weighted by Gasteiger charge is 2.36.